The molecule has 2 atom stereocenters. The van der Waals surface area contributed by atoms with Gasteiger partial charge in [-0.15, -0.1) is 0 Å². The molecule has 2 aliphatic rings. The Hall–Kier alpha value is -2.57. The van der Waals surface area contributed by atoms with Crippen molar-refractivity contribution >= 4 is 18.0 Å². The second kappa shape index (κ2) is 9.57. The molecule has 1 saturated carbocycles. The Balaban J connectivity index is 1.67. The van der Waals surface area contributed by atoms with Crippen LogP contribution in [0.5, 0.6) is 0 Å². The van der Waals surface area contributed by atoms with Crippen molar-refractivity contribution in [1.82, 2.24) is 10.2 Å². The standard InChI is InChI=1S/C21H28N2O5/c24-19(23-13-7-12-17(23)20(25)26)18(16-10-5-2-6-11-16)22-21(27)28-14-15-8-3-1-4-9-15/h1,3-4,8-9,16-18H,2,5-7,10-14H2,(H,22,27)(H,25,26)/t17-,18-/m0/s1. The number of benzene rings is 1. The van der Waals surface area contributed by atoms with Crippen LogP contribution in [0.4, 0.5) is 4.79 Å². The number of carboxylic acids is 1. The first-order chi connectivity index (χ1) is 13.6. The summed E-state index contributed by atoms with van der Waals surface area (Å²) in [5.41, 5.74) is 0.865. The lowest BCUT2D eigenvalue weighted by molar-refractivity contribution is -0.149. The molecule has 0 radical (unpaired) electrons. The second-order valence-corrected chi connectivity index (χ2v) is 7.61. The van der Waals surface area contributed by atoms with Crippen molar-refractivity contribution in [2.24, 2.45) is 5.92 Å². The average Bonchev–Trinajstić information content (AvgIpc) is 3.22. The third-order valence-corrected chi connectivity index (χ3v) is 5.69. The molecule has 1 aromatic rings. The van der Waals surface area contributed by atoms with Crippen LogP contribution in [-0.2, 0) is 20.9 Å². The molecule has 1 aliphatic carbocycles. The first-order valence-electron chi connectivity index (χ1n) is 10.1. The molecular weight excluding hydrogens is 360 g/mol. The summed E-state index contributed by atoms with van der Waals surface area (Å²) in [5, 5.41) is 12.2. The number of ether oxygens (including phenoxy) is 1. The number of rotatable bonds is 6. The van der Waals surface area contributed by atoms with E-state index < -0.39 is 24.1 Å². The predicted molar refractivity (Wildman–Crippen MR) is 102 cm³/mol. The smallest absolute Gasteiger partial charge is 0.408 e. The summed E-state index contributed by atoms with van der Waals surface area (Å²) >= 11 is 0. The Morgan fingerprint density at radius 1 is 1.07 bits per heavy atom. The van der Waals surface area contributed by atoms with Crippen LogP contribution in [0.1, 0.15) is 50.5 Å². The van der Waals surface area contributed by atoms with Crippen LogP contribution in [0.15, 0.2) is 30.3 Å². The average molecular weight is 388 g/mol. The molecule has 7 heteroatoms. The molecule has 2 N–H and O–H groups in total. The van der Waals surface area contributed by atoms with Crippen molar-refractivity contribution in [1.29, 1.82) is 0 Å². The molecule has 1 aliphatic heterocycles. The van der Waals surface area contributed by atoms with E-state index >= 15 is 0 Å². The fourth-order valence-corrected chi connectivity index (χ4v) is 4.21. The molecular formula is C21H28N2O5. The van der Waals surface area contributed by atoms with E-state index in [-0.39, 0.29) is 18.4 Å². The van der Waals surface area contributed by atoms with Gasteiger partial charge in [0.15, 0.2) is 0 Å². The minimum Gasteiger partial charge on any atom is -0.480 e. The summed E-state index contributed by atoms with van der Waals surface area (Å²) in [7, 11) is 0. The molecule has 3 rings (SSSR count). The second-order valence-electron chi connectivity index (χ2n) is 7.61. The quantitative estimate of drug-likeness (QED) is 0.781. The summed E-state index contributed by atoms with van der Waals surface area (Å²) in [6, 6.07) is 7.80. The molecule has 152 valence electrons. The Morgan fingerprint density at radius 3 is 2.46 bits per heavy atom. The summed E-state index contributed by atoms with van der Waals surface area (Å²) < 4.78 is 5.30. The van der Waals surface area contributed by atoms with Crippen LogP contribution >= 0.6 is 0 Å². The molecule has 1 heterocycles. The fourth-order valence-electron chi connectivity index (χ4n) is 4.21. The zero-order valence-electron chi connectivity index (χ0n) is 16.0. The van der Waals surface area contributed by atoms with Gasteiger partial charge in [-0.3, -0.25) is 4.79 Å². The highest BCUT2D eigenvalue weighted by atomic mass is 16.5. The van der Waals surface area contributed by atoms with Crippen LogP contribution in [0.2, 0.25) is 0 Å². The van der Waals surface area contributed by atoms with Crippen LogP contribution in [0.25, 0.3) is 0 Å². The molecule has 0 unspecified atom stereocenters. The zero-order valence-corrected chi connectivity index (χ0v) is 16.0. The normalized spacial score (nSPS) is 21.1. The topological polar surface area (TPSA) is 95.9 Å². The van der Waals surface area contributed by atoms with E-state index in [0.717, 1.165) is 37.7 Å². The molecule has 1 saturated heterocycles. The van der Waals surface area contributed by atoms with Crippen LogP contribution in [0.3, 0.4) is 0 Å². The van der Waals surface area contributed by atoms with Gasteiger partial charge in [-0.1, -0.05) is 49.6 Å². The van der Waals surface area contributed by atoms with Crippen molar-refractivity contribution in [3.05, 3.63) is 35.9 Å². The van der Waals surface area contributed by atoms with Gasteiger partial charge in [0.2, 0.25) is 5.91 Å². The van der Waals surface area contributed by atoms with E-state index in [1.165, 1.54) is 4.90 Å². The van der Waals surface area contributed by atoms with Gasteiger partial charge in [-0.2, -0.15) is 0 Å². The number of amides is 2. The maximum Gasteiger partial charge on any atom is 0.408 e. The van der Waals surface area contributed by atoms with Gasteiger partial charge in [0.05, 0.1) is 0 Å². The lowest BCUT2D eigenvalue weighted by Crippen LogP contribution is -2.55. The maximum absolute atomic E-state index is 13.2. The molecule has 2 amide bonds. The van der Waals surface area contributed by atoms with E-state index in [9.17, 15) is 19.5 Å². The van der Waals surface area contributed by atoms with Gasteiger partial charge in [0.1, 0.15) is 18.7 Å². The molecule has 1 aromatic carbocycles. The van der Waals surface area contributed by atoms with Gasteiger partial charge in [0, 0.05) is 6.54 Å². The number of alkyl carbamates (subject to hydrolysis) is 1. The molecule has 0 spiro atoms. The lowest BCUT2D eigenvalue weighted by Gasteiger charge is -2.33. The Morgan fingerprint density at radius 2 is 1.79 bits per heavy atom. The number of carboxylic acid groups (broad SMARTS) is 1. The number of carbonyl (C=O) groups is 3. The summed E-state index contributed by atoms with van der Waals surface area (Å²) in [5.74, 6) is -1.27. The largest absolute Gasteiger partial charge is 0.480 e. The SMILES string of the molecule is O=C(N[C@H](C(=O)N1CCC[C@H]1C(=O)O)C1CCCCC1)OCc1ccccc1. The zero-order chi connectivity index (χ0) is 19.9. The van der Waals surface area contributed by atoms with Gasteiger partial charge in [-0.25, -0.2) is 9.59 Å². The Bertz CT molecular complexity index is 687. The van der Waals surface area contributed by atoms with Crippen LogP contribution < -0.4 is 5.32 Å². The first kappa shape index (κ1) is 20.2. The summed E-state index contributed by atoms with van der Waals surface area (Å²) in [6.45, 7) is 0.541. The predicted octanol–water partition coefficient (Wildman–Crippen LogP) is 2.94. The first-order valence-corrected chi connectivity index (χ1v) is 10.1. The van der Waals surface area contributed by atoms with Gasteiger partial charge in [0.25, 0.3) is 0 Å². The van der Waals surface area contributed by atoms with E-state index in [4.69, 9.17) is 4.74 Å². The minimum absolute atomic E-state index is 0.0144. The highest BCUT2D eigenvalue weighted by Crippen LogP contribution is 2.29. The molecule has 0 bridgehead atoms. The van der Waals surface area contributed by atoms with E-state index in [0.29, 0.717) is 19.4 Å². The van der Waals surface area contributed by atoms with Crippen molar-refractivity contribution in [3.63, 3.8) is 0 Å². The van der Waals surface area contributed by atoms with E-state index in [2.05, 4.69) is 5.32 Å². The summed E-state index contributed by atoms with van der Waals surface area (Å²) in [6.07, 6.45) is 5.32. The number of nitrogens with one attached hydrogen (secondary N) is 1. The highest BCUT2D eigenvalue weighted by molar-refractivity contribution is 5.90. The highest BCUT2D eigenvalue weighted by Gasteiger charge is 2.40. The molecule has 0 aromatic heterocycles. The molecule has 28 heavy (non-hydrogen) atoms. The minimum atomic E-state index is -0.986. The molecule has 7 nitrogen and oxygen atoms in total. The van der Waals surface area contributed by atoms with Crippen LogP contribution in [-0.4, -0.2) is 46.6 Å². The van der Waals surface area contributed by atoms with E-state index in [1.807, 2.05) is 30.3 Å². The van der Waals surface area contributed by atoms with Gasteiger partial charge < -0.3 is 20.1 Å². The Kier molecular flexibility index (Phi) is 6.90. The number of aliphatic carboxylic acids is 1. The van der Waals surface area contributed by atoms with Gasteiger partial charge in [-0.05, 0) is 37.2 Å². The number of likely N-dealkylation sites (tertiary alicyclic amines) is 1. The third-order valence-electron chi connectivity index (χ3n) is 5.69. The third kappa shape index (κ3) is 5.03. The molecule has 2 fully saturated rings. The van der Waals surface area contributed by atoms with E-state index in [1.54, 1.807) is 0 Å². The van der Waals surface area contributed by atoms with Crippen molar-refractivity contribution in [2.75, 3.05) is 6.54 Å². The number of hydrogen-bond acceptors (Lipinski definition) is 4. The van der Waals surface area contributed by atoms with Crippen molar-refractivity contribution < 1.29 is 24.2 Å². The Labute approximate surface area is 165 Å². The lowest BCUT2D eigenvalue weighted by atomic mass is 9.83. The monoisotopic (exact) mass is 388 g/mol. The maximum atomic E-state index is 13.2. The number of nitrogens with zero attached hydrogens (tertiary/aromatic N) is 1. The van der Waals surface area contributed by atoms with Crippen molar-refractivity contribution in [3.8, 4) is 0 Å². The summed E-state index contributed by atoms with van der Waals surface area (Å²) in [4.78, 5) is 38.5. The number of carbonyl (C=O) groups excluding carboxylic acids is 2. The fraction of sp³-hybridized carbons (Fsp3) is 0.571. The van der Waals surface area contributed by atoms with Crippen molar-refractivity contribution in [2.45, 2.75) is 63.6 Å². The van der Waals surface area contributed by atoms with Crippen LogP contribution in [0, 0.1) is 5.92 Å². The number of hydrogen-bond donors (Lipinski definition) is 2. The van der Waals surface area contributed by atoms with Gasteiger partial charge >= 0.3 is 12.1 Å².